The minimum absolute atomic E-state index is 0. The van der Waals surface area contributed by atoms with E-state index in [9.17, 15) is 4.79 Å². The summed E-state index contributed by atoms with van der Waals surface area (Å²) in [4.78, 5) is 14.8. The first-order valence-corrected chi connectivity index (χ1v) is 6.38. The molecule has 6 heteroatoms. The van der Waals surface area contributed by atoms with Crippen molar-refractivity contribution >= 4 is 40.8 Å². The fraction of sp³-hybridized carbons (Fsp3) is 0.308. The van der Waals surface area contributed by atoms with Crippen LogP contribution in [-0.2, 0) is 11.3 Å². The summed E-state index contributed by atoms with van der Waals surface area (Å²) in [5.74, 6) is 0.0708. The highest BCUT2D eigenvalue weighted by Gasteiger charge is 2.23. The van der Waals surface area contributed by atoms with E-state index in [0.717, 1.165) is 29.4 Å². The van der Waals surface area contributed by atoms with Crippen LogP contribution in [0.5, 0.6) is 0 Å². The lowest BCUT2D eigenvalue weighted by Gasteiger charge is -2.26. The first-order chi connectivity index (χ1) is 8.74. The lowest BCUT2D eigenvalue weighted by molar-refractivity contribution is -0.124. The Labute approximate surface area is 122 Å². The maximum atomic E-state index is 11.7. The van der Waals surface area contributed by atoms with Crippen molar-refractivity contribution in [3.63, 3.8) is 0 Å². The van der Waals surface area contributed by atoms with Crippen molar-refractivity contribution in [3.05, 3.63) is 35.0 Å². The normalized spacial score (nSPS) is 17.6. The maximum Gasteiger partial charge on any atom is 0.237 e. The van der Waals surface area contributed by atoms with Gasteiger partial charge in [0.25, 0.3) is 0 Å². The second kappa shape index (κ2) is 5.82. The number of nitrogens with one attached hydrogen (secondary N) is 3. The zero-order chi connectivity index (χ0) is 12.5. The van der Waals surface area contributed by atoms with E-state index >= 15 is 0 Å². The van der Waals surface area contributed by atoms with Crippen LogP contribution in [0.15, 0.2) is 24.4 Å². The molecule has 1 saturated heterocycles. The van der Waals surface area contributed by atoms with Crippen molar-refractivity contribution in [1.29, 1.82) is 0 Å². The Balaban J connectivity index is 0.00000133. The third-order valence-corrected chi connectivity index (χ3v) is 3.62. The molecule has 1 atom stereocenters. The fourth-order valence-corrected chi connectivity index (χ4v) is 2.28. The van der Waals surface area contributed by atoms with Crippen molar-refractivity contribution in [1.82, 2.24) is 15.6 Å². The molecule has 102 valence electrons. The van der Waals surface area contributed by atoms with Gasteiger partial charge in [-0.2, -0.15) is 0 Å². The van der Waals surface area contributed by atoms with E-state index in [-0.39, 0.29) is 24.4 Å². The molecule has 1 amide bonds. The summed E-state index contributed by atoms with van der Waals surface area (Å²) >= 11 is 6.06. The number of amides is 1. The predicted octanol–water partition coefficient (Wildman–Crippen LogP) is 2.22. The molecular weight excluding hydrogens is 285 g/mol. The number of hydrogen-bond donors (Lipinski definition) is 3. The van der Waals surface area contributed by atoms with Gasteiger partial charge < -0.3 is 15.6 Å². The number of aromatic amines is 1. The number of hydrogen-bond acceptors (Lipinski definition) is 2. The van der Waals surface area contributed by atoms with Gasteiger partial charge in [-0.1, -0.05) is 17.7 Å². The quantitative estimate of drug-likeness (QED) is 0.814. The lowest BCUT2D eigenvalue weighted by Crippen LogP contribution is -2.52. The Bertz CT molecular complexity index is 593. The molecule has 4 nitrogen and oxygen atoms in total. The molecule has 1 aliphatic rings. The summed E-state index contributed by atoms with van der Waals surface area (Å²) in [7, 11) is 0. The Morgan fingerprint density at radius 1 is 1.47 bits per heavy atom. The molecule has 3 N–H and O–H groups in total. The third kappa shape index (κ3) is 2.86. The monoisotopic (exact) mass is 299 g/mol. The number of rotatable bonds is 3. The molecule has 2 heterocycles. The SMILES string of the molecule is Cl.O=C(NCc1ccc2[nH]cc(Cl)c2c1)[C@@H]1CCN1. The van der Waals surface area contributed by atoms with E-state index in [1.165, 1.54) is 0 Å². The van der Waals surface area contributed by atoms with Gasteiger partial charge in [-0.05, 0) is 30.7 Å². The topological polar surface area (TPSA) is 56.9 Å². The van der Waals surface area contributed by atoms with Gasteiger partial charge in [0.1, 0.15) is 0 Å². The first kappa shape index (κ1) is 14.2. The Morgan fingerprint density at radius 3 is 2.95 bits per heavy atom. The highest BCUT2D eigenvalue weighted by Crippen LogP contribution is 2.23. The Hall–Kier alpha value is -1.23. The summed E-state index contributed by atoms with van der Waals surface area (Å²) in [5.41, 5.74) is 2.06. The predicted molar refractivity (Wildman–Crippen MR) is 78.8 cm³/mol. The molecule has 0 unspecified atom stereocenters. The minimum Gasteiger partial charge on any atom is -0.360 e. The van der Waals surface area contributed by atoms with Crippen LogP contribution < -0.4 is 10.6 Å². The molecule has 0 spiro atoms. The van der Waals surface area contributed by atoms with Gasteiger partial charge in [-0.3, -0.25) is 4.79 Å². The van der Waals surface area contributed by atoms with Crippen molar-refractivity contribution in [2.45, 2.75) is 19.0 Å². The van der Waals surface area contributed by atoms with Crippen LogP contribution in [0.25, 0.3) is 10.9 Å². The first-order valence-electron chi connectivity index (χ1n) is 6.00. The summed E-state index contributed by atoms with van der Waals surface area (Å²) in [6.07, 6.45) is 2.70. The fourth-order valence-electron chi connectivity index (χ4n) is 2.07. The number of fused-ring (bicyclic) bond motifs is 1. The Morgan fingerprint density at radius 2 is 2.26 bits per heavy atom. The van der Waals surface area contributed by atoms with Crippen LogP contribution in [0.3, 0.4) is 0 Å². The standard InChI is InChI=1S/C13H14ClN3O.ClH/c14-10-7-16-11-2-1-8(5-9(10)11)6-17-13(18)12-3-4-15-12;/h1-2,5,7,12,15-16H,3-4,6H2,(H,17,18);1H/t12-;/m0./s1. The van der Waals surface area contributed by atoms with E-state index in [1.807, 2.05) is 18.2 Å². The number of carbonyl (C=O) groups is 1. The number of halogens is 2. The molecule has 0 saturated carbocycles. The summed E-state index contributed by atoms with van der Waals surface area (Å²) in [6, 6.07) is 5.96. The van der Waals surface area contributed by atoms with Crippen LogP contribution in [0, 0.1) is 0 Å². The van der Waals surface area contributed by atoms with Crippen LogP contribution in [0.2, 0.25) is 5.02 Å². The molecule has 2 aromatic rings. The van der Waals surface area contributed by atoms with E-state index in [1.54, 1.807) is 6.20 Å². The number of carbonyl (C=O) groups excluding carboxylic acids is 1. The van der Waals surface area contributed by atoms with Crippen LogP contribution >= 0.6 is 24.0 Å². The van der Waals surface area contributed by atoms with Crippen LogP contribution in [-0.4, -0.2) is 23.5 Å². The van der Waals surface area contributed by atoms with Crippen molar-refractivity contribution < 1.29 is 4.79 Å². The zero-order valence-corrected chi connectivity index (χ0v) is 11.8. The summed E-state index contributed by atoms with van der Waals surface area (Å²) < 4.78 is 0. The average Bonchev–Trinajstić information content (AvgIpc) is 2.66. The lowest BCUT2D eigenvalue weighted by atomic mass is 10.1. The highest BCUT2D eigenvalue weighted by atomic mass is 35.5. The van der Waals surface area contributed by atoms with Gasteiger partial charge in [0.05, 0.1) is 11.1 Å². The summed E-state index contributed by atoms with van der Waals surface area (Å²) in [6.45, 7) is 1.47. The molecule has 0 radical (unpaired) electrons. The second-order valence-electron chi connectivity index (χ2n) is 4.53. The number of aromatic nitrogens is 1. The molecule has 1 fully saturated rings. The molecule has 0 aliphatic carbocycles. The van der Waals surface area contributed by atoms with Crippen molar-refractivity contribution in [2.24, 2.45) is 0 Å². The number of H-pyrrole nitrogens is 1. The smallest absolute Gasteiger partial charge is 0.237 e. The molecule has 3 rings (SSSR count). The van der Waals surface area contributed by atoms with Crippen molar-refractivity contribution in [2.75, 3.05) is 6.54 Å². The molecule has 1 aromatic carbocycles. The van der Waals surface area contributed by atoms with Gasteiger partial charge in [-0.25, -0.2) is 0 Å². The molecular formula is C13H15Cl2N3O. The minimum atomic E-state index is -0.00965. The van der Waals surface area contributed by atoms with Crippen molar-refractivity contribution in [3.8, 4) is 0 Å². The molecule has 1 aromatic heterocycles. The largest absolute Gasteiger partial charge is 0.360 e. The molecule has 19 heavy (non-hydrogen) atoms. The third-order valence-electron chi connectivity index (χ3n) is 3.30. The molecule has 0 bridgehead atoms. The van der Waals surface area contributed by atoms with E-state index in [2.05, 4.69) is 15.6 Å². The zero-order valence-electron chi connectivity index (χ0n) is 10.2. The van der Waals surface area contributed by atoms with E-state index in [4.69, 9.17) is 11.6 Å². The maximum absolute atomic E-state index is 11.7. The Kier molecular flexibility index (Phi) is 4.34. The van der Waals surface area contributed by atoms with Gasteiger partial charge in [0, 0.05) is 23.6 Å². The van der Waals surface area contributed by atoms with Gasteiger partial charge in [-0.15, -0.1) is 12.4 Å². The second-order valence-corrected chi connectivity index (χ2v) is 4.94. The van der Waals surface area contributed by atoms with E-state index in [0.29, 0.717) is 11.6 Å². The number of benzene rings is 1. The highest BCUT2D eigenvalue weighted by molar-refractivity contribution is 6.35. The molecule has 1 aliphatic heterocycles. The van der Waals surface area contributed by atoms with E-state index < -0.39 is 0 Å². The van der Waals surface area contributed by atoms with Crippen LogP contribution in [0.1, 0.15) is 12.0 Å². The summed E-state index contributed by atoms with van der Waals surface area (Å²) in [5, 5.41) is 7.70. The van der Waals surface area contributed by atoms with Gasteiger partial charge >= 0.3 is 0 Å². The average molecular weight is 300 g/mol. The van der Waals surface area contributed by atoms with Gasteiger partial charge in [0.15, 0.2) is 0 Å². The van der Waals surface area contributed by atoms with Crippen LogP contribution in [0.4, 0.5) is 0 Å². The van der Waals surface area contributed by atoms with Gasteiger partial charge in [0.2, 0.25) is 5.91 Å².